The maximum absolute atomic E-state index is 11.7. The van der Waals surface area contributed by atoms with Crippen molar-refractivity contribution in [2.75, 3.05) is 17.0 Å². The molecule has 0 aliphatic heterocycles. The van der Waals surface area contributed by atoms with E-state index in [1.165, 1.54) is 0 Å². The Kier molecular flexibility index (Phi) is 3.63. The summed E-state index contributed by atoms with van der Waals surface area (Å²) in [5, 5.41) is 3.18. The van der Waals surface area contributed by atoms with Gasteiger partial charge in [0, 0.05) is 24.5 Å². The topological polar surface area (TPSA) is 71.1 Å². The summed E-state index contributed by atoms with van der Waals surface area (Å²) in [5.74, 6) is 0.102. The van der Waals surface area contributed by atoms with E-state index >= 15 is 0 Å². The second-order valence-corrected chi connectivity index (χ2v) is 6.18. The van der Waals surface area contributed by atoms with Crippen LogP contribution in [0.2, 0.25) is 0 Å². The second-order valence-electron chi connectivity index (χ2n) is 4.34. The van der Waals surface area contributed by atoms with Gasteiger partial charge < -0.3 is 5.32 Å². The first-order valence-electron chi connectivity index (χ1n) is 5.72. The number of hydrogen-bond donors (Lipinski definition) is 2. The lowest BCUT2D eigenvalue weighted by Crippen LogP contribution is -2.28. The summed E-state index contributed by atoms with van der Waals surface area (Å²) in [7, 11) is -3.26. The van der Waals surface area contributed by atoms with E-state index in [4.69, 9.17) is 0 Å². The molecular formula is C11H17N3O2S. The second kappa shape index (κ2) is 5.01. The highest BCUT2D eigenvalue weighted by Gasteiger charge is 2.21. The maximum Gasteiger partial charge on any atom is 0.233 e. The zero-order chi connectivity index (χ0) is 12.3. The van der Waals surface area contributed by atoms with Gasteiger partial charge in [-0.25, -0.2) is 8.42 Å². The molecule has 1 aliphatic rings. The van der Waals surface area contributed by atoms with Crippen LogP contribution in [0.5, 0.6) is 0 Å². The lowest BCUT2D eigenvalue weighted by atomic mass is 10.3. The molecule has 1 aromatic rings. The summed E-state index contributed by atoms with van der Waals surface area (Å²) in [6.45, 7) is 2.33. The van der Waals surface area contributed by atoms with E-state index in [0.717, 1.165) is 18.5 Å². The molecule has 0 atom stereocenters. The van der Waals surface area contributed by atoms with E-state index in [1.807, 2.05) is 6.92 Å². The van der Waals surface area contributed by atoms with Crippen molar-refractivity contribution in [1.29, 1.82) is 0 Å². The van der Waals surface area contributed by atoms with E-state index < -0.39 is 10.0 Å². The third-order valence-corrected chi connectivity index (χ3v) is 3.84. The number of hydrogen-bond acceptors (Lipinski definition) is 4. The Hall–Kier alpha value is -1.14. The van der Waals surface area contributed by atoms with Gasteiger partial charge in [-0.3, -0.25) is 9.71 Å². The summed E-state index contributed by atoms with van der Waals surface area (Å²) in [5.41, 5.74) is 1.37. The Morgan fingerprint density at radius 2 is 2.24 bits per heavy atom. The van der Waals surface area contributed by atoms with Gasteiger partial charge in [0.05, 0.1) is 11.4 Å². The molecule has 2 N–H and O–H groups in total. The van der Waals surface area contributed by atoms with Crippen LogP contribution in [0.3, 0.4) is 0 Å². The van der Waals surface area contributed by atoms with Gasteiger partial charge >= 0.3 is 0 Å². The highest BCUT2D eigenvalue weighted by atomic mass is 32.2. The lowest BCUT2D eigenvalue weighted by molar-refractivity contribution is 0.595. The summed E-state index contributed by atoms with van der Waals surface area (Å²) in [4.78, 5) is 4.02. The Balaban J connectivity index is 1.86. The minimum atomic E-state index is -3.26. The Morgan fingerprint density at radius 1 is 1.47 bits per heavy atom. The minimum absolute atomic E-state index is 0.102. The Morgan fingerprint density at radius 3 is 2.88 bits per heavy atom. The minimum Gasteiger partial charge on any atom is -0.313 e. The van der Waals surface area contributed by atoms with E-state index in [0.29, 0.717) is 18.3 Å². The molecule has 94 valence electrons. The van der Waals surface area contributed by atoms with Crippen LogP contribution in [0.15, 0.2) is 18.3 Å². The maximum atomic E-state index is 11.7. The molecule has 2 rings (SSSR count). The van der Waals surface area contributed by atoms with Gasteiger partial charge in [-0.2, -0.15) is 0 Å². The smallest absolute Gasteiger partial charge is 0.233 e. The molecule has 0 saturated heterocycles. The van der Waals surface area contributed by atoms with Crippen molar-refractivity contribution in [3.8, 4) is 0 Å². The van der Waals surface area contributed by atoms with Gasteiger partial charge in [0.2, 0.25) is 10.0 Å². The molecule has 1 aliphatic carbocycles. The van der Waals surface area contributed by atoms with Crippen LogP contribution in [0.4, 0.5) is 5.69 Å². The van der Waals surface area contributed by atoms with Crippen LogP contribution in [-0.4, -0.2) is 31.7 Å². The van der Waals surface area contributed by atoms with Gasteiger partial charge in [-0.1, -0.05) is 0 Å². The number of rotatable bonds is 6. The Bertz CT molecular complexity index is 483. The summed E-state index contributed by atoms with van der Waals surface area (Å²) in [6, 6.07) is 3.90. The van der Waals surface area contributed by atoms with Crippen molar-refractivity contribution in [1.82, 2.24) is 10.3 Å². The predicted molar refractivity (Wildman–Crippen MR) is 67.4 cm³/mol. The van der Waals surface area contributed by atoms with Gasteiger partial charge in [-0.15, -0.1) is 0 Å². The van der Waals surface area contributed by atoms with Crippen LogP contribution in [0.1, 0.15) is 18.5 Å². The molecule has 1 heterocycles. The van der Waals surface area contributed by atoms with E-state index in [9.17, 15) is 8.42 Å². The molecule has 1 fully saturated rings. The number of anilines is 1. The number of aryl methyl sites for hydroxylation is 1. The van der Waals surface area contributed by atoms with Gasteiger partial charge in [0.25, 0.3) is 0 Å². The van der Waals surface area contributed by atoms with E-state index in [1.54, 1.807) is 18.3 Å². The van der Waals surface area contributed by atoms with Crippen molar-refractivity contribution in [2.45, 2.75) is 25.8 Å². The molecule has 17 heavy (non-hydrogen) atoms. The summed E-state index contributed by atoms with van der Waals surface area (Å²) in [6.07, 6.45) is 3.92. The highest BCUT2D eigenvalue weighted by molar-refractivity contribution is 7.92. The molecule has 0 radical (unpaired) electrons. The molecule has 0 bridgehead atoms. The fourth-order valence-corrected chi connectivity index (χ4v) is 2.50. The fourth-order valence-electron chi connectivity index (χ4n) is 1.52. The molecule has 0 spiro atoms. The molecule has 0 unspecified atom stereocenters. The first kappa shape index (κ1) is 12.3. The third kappa shape index (κ3) is 4.32. The summed E-state index contributed by atoms with van der Waals surface area (Å²) < 4.78 is 26.0. The molecule has 0 amide bonds. The van der Waals surface area contributed by atoms with E-state index in [-0.39, 0.29) is 5.75 Å². The van der Waals surface area contributed by atoms with Crippen molar-refractivity contribution in [2.24, 2.45) is 0 Å². The van der Waals surface area contributed by atoms with Crippen molar-refractivity contribution >= 4 is 15.7 Å². The number of nitrogens with one attached hydrogen (secondary N) is 2. The monoisotopic (exact) mass is 255 g/mol. The van der Waals surface area contributed by atoms with Crippen LogP contribution >= 0.6 is 0 Å². The Labute approximate surface area is 102 Å². The number of aromatic nitrogens is 1. The number of nitrogens with zero attached hydrogens (tertiary/aromatic N) is 1. The van der Waals surface area contributed by atoms with Gasteiger partial charge in [0.1, 0.15) is 0 Å². The standard InChI is InChI=1S/C11H17N3O2S/c1-9-8-11(4-5-12-9)14-17(15,16)7-6-13-10-2-3-10/h4-5,8,10,13H,2-3,6-7H2,1H3,(H,12,14). The average molecular weight is 255 g/mol. The summed E-state index contributed by atoms with van der Waals surface area (Å²) >= 11 is 0. The molecule has 1 aromatic heterocycles. The van der Waals surface area contributed by atoms with Crippen LogP contribution in [0.25, 0.3) is 0 Å². The molecular weight excluding hydrogens is 238 g/mol. The zero-order valence-corrected chi connectivity index (χ0v) is 10.6. The normalized spacial score (nSPS) is 15.8. The fraction of sp³-hybridized carbons (Fsp3) is 0.545. The molecule has 5 nitrogen and oxygen atoms in total. The predicted octanol–water partition coefficient (Wildman–Crippen LogP) is 0.884. The average Bonchev–Trinajstić information content (AvgIpc) is 3.00. The quantitative estimate of drug-likeness (QED) is 0.791. The third-order valence-electron chi connectivity index (χ3n) is 2.55. The van der Waals surface area contributed by atoms with Crippen LogP contribution < -0.4 is 10.0 Å². The van der Waals surface area contributed by atoms with Crippen LogP contribution in [0, 0.1) is 6.92 Å². The first-order chi connectivity index (χ1) is 8.05. The van der Waals surface area contributed by atoms with Crippen molar-refractivity contribution in [3.05, 3.63) is 24.0 Å². The largest absolute Gasteiger partial charge is 0.313 e. The van der Waals surface area contributed by atoms with Gasteiger partial charge in [-0.05, 0) is 31.9 Å². The van der Waals surface area contributed by atoms with Crippen molar-refractivity contribution in [3.63, 3.8) is 0 Å². The van der Waals surface area contributed by atoms with E-state index in [2.05, 4.69) is 15.0 Å². The zero-order valence-electron chi connectivity index (χ0n) is 9.81. The number of pyridine rings is 1. The van der Waals surface area contributed by atoms with Crippen molar-refractivity contribution < 1.29 is 8.42 Å². The first-order valence-corrected chi connectivity index (χ1v) is 7.37. The van der Waals surface area contributed by atoms with Crippen LogP contribution in [-0.2, 0) is 10.0 Å². The molecule has 6 heteroatoms. The lowest BCUT2D eigenvalue weighted by Gasteiger charge is -2.08. The molecule has 1 saturated carbocycles. The van der Waals surface area contributed by atoms with Gasteiger partial charge in [0.15, 0.2) is 0 Å². The highest BCUT2D eigenvalue weighted by Crippen LogP contribution is 2.18. The molecule has 0 aromatic carbocycles. The SMILES string of the molecule is Cc1cc(NS(=O)(=O)CCNC2CC2)ccn1. The number of sulfonamides is 1.